The van der Waals surface area contributed by atoms with Gasteiger partial charge in [-0.25, -0.2) is 19.0 Å². The average Bonchev–Trinajstić information content (AvgIpc) is 3.39. The molecular weight excluding hydrogens is 353 g/mol. The van der Waals surface area contributed by atoms with Crippen molar-refractivity contribution in [1.29, 1.82) is 0 Å². The fraction of sp³-hybridized carbons (Fsp3) is 0.235. The number of ether oxygens (including phenoxy) is 1. The molecule has 10 heteroatoms. The van der Waals surface area contributed by atoms with Crippen molar-refractivity contribution >= 4 is 0 Å². The minimum Gasteiger partial charge on any atom is -0.384 e. The van der Waals surface area contributed by atoms with Crippen LogP contribution in [0.5, 0.6) is 0 Å². The standard InChI is InChI=1S/C17H14FN7O2/c1-26-5-4-14-22-17(27-23-14)15-13-7-25-16(19-8-21-25)11-6-10(18)2-3-12(11)24(13)9-20-15/h2-3,6,8-9H,4-5,7H2,1H3. The van der Waals surface area contributed by atoms with E-state index in [0.717, 1.165) is 11.4 Å². The van der Waals surface area contributed by atoms with E-state index < -0.39 is 0 Å². The van der Waals surface area contributed by atoms with E-state index >= 15 is 0 Å². The molecule has 0 saturated heterocycles. The Kier molecular flexibility index (Phi) is 3.57. The first-order valence-electron chi connectivity index (χ1n) is 8.31. The van der Waals surface area contributed by atoms with E-state index in [-0.39, 0.29) is 5.82 Å². The molecule has 0 spiro atoms. The molecule has 4 heterocycles. The van der Waals surface area contributed by atoms with Crippen LogP contribution in [-0.2, 0) is 17.7 Å². The Morgan fingerprint density at radius 3 is 3.11 bits per heavy atom. The summed E-state index contributed by atoms with van der Waals surface area (Å²) in [7, 11) is 1.62. The highest BCUT2D eigenvalue weighted by Gasteiger charge is 2.26. The summed E-state index contributed by atoms with van der Waals surface area (Å²) in [5.41, 5.74) is 2.76. The number of methoxy groups -OCH3 is 1. The Morgan fingerprint density at radius 1 is 1.30 bits per heavy atom. The highest BCUT2D eigenvalue weighted by molar-refractivity contribution is 5.70. The summed E-state index contributed by atoms with van der Waals surface area (Å²) >= 11 is 0. The van der Waals surface area contributed by atoms with Crippen molar-refractivity contribution in [2.75, 3.05) is 13.7 Å². The van der Waals surface area contributed by atoms with E-state index in [2.05, 4.69) is 25.2 Å². The lowest BCUT2D eigenvalue weighted by molar-refractivity contribution is 0.199. The van der Waals surface area contributed by atoms with Gasteiger partial charge in [-0.15, -0.1) is 0 Å². The second kappa shape index (κ2) is 6.09. The molecule has 4 aromatic rings. The van der Waals surface area contributed by atoms with Gasteiger partial charge in [-0.05, 0) is 18.2 Å². The van der Waals surface area contributed by atoms with Gasteiger partial charge in [-0.2, -0.15) is 10.1 Å². The highest BCUT2D eigenvalue weighted by Crippen LogP contribution is 2.33. The number of hydrogen-bond donors (Lipinski definition) is 0. The van der Waals surface area contributed by atoms with Crippen LogP contribution in [0.3, 0.4) is 0 Å². The van der Waals surface area contributed by atoms with Gasteiger partial charge < -0.3 is 9.26 Å². The van der Waals surface area contributed by atoms with Crippen LogP contribution in [0, 0.1) is 5.82 Å². The second-order valence-electron chi connectivity index (χ2n) is 6.07. The van der Waals surface area contributed by atoms with Gasteiger partial charge in [0.05, 0.1) is 24.5 Å². The van der Waals surface area contributed by atoms with Crippen molar-refractivity contribution in [2.24, 2.45) is 0 Å². The van der Waals surface area contributed by atoms with E-state index in [1.165, 1.54) is 18.5 Å². The predicted molar refractivity (Wildman–Crippen MR) is 90.5 cm³/mol. The first-order chi connectivity index (χ1) is 13.2. The second-order valence-corrected chi connectivity index (χ2v) is 6.07. The van der Waals surface area contributed by atoms with Gasteiger partial charge in [0, 0.05) is 19.1 Å². The Labute approximate surface area is 152 Å². The van der Waals surface area contributed by atoms with Gasteiger partial charge in [0.1, 0.15) is 18.5 Å². The van der Waals surface area contributed by atoms with Crippen LogP contribution in [0.4, 0.5) is 4.39 Å². The summed E-state index contributed by atoms with van der Waals surface area (Å²) in [6.45, 7) is 0.887. The molecular formula is C17H14FN7O2. The van der Waals surface area contributed by atoms with Crippen LogP contribution in [0.1, 0.15) is 11.5 Å². The van der Waals surface area contributed by atoms with E-state index in [1.807, 2.05) is 4.57 Å². The minimum atomic E-state index is -0.341. The maximum Gasteiger partial charge on any atom is 0.278 e. The molecule has 0 N–H and O–H groups in total. The largest absolute Gasteiger partial charge is 0.384 e. The third-order valence-electron chi connectivity index (χ3n) is 4.44. The summed E-state index contributed by atoms with van der Waals surface area (Å²) in [5, 5.41) is 8.24. The highest BCUT2D eigenvalue weighted by atomic mass is 19.1. The van der Waals surface area contributed by atoms with Crippen LogP contribution in [0.2, 0.25) is 0 Å². The molecule has 0 aliphatic carbocycles. The van der Waals surface area contributed by atoms with Crippen LogP contribution >= 0.6 is 0 Å². The van der Waals surface area contributed by atoms with Gasteiger partial charge in [0.15, 0.2) is 17.3 Å². The molecule has 1 aliphatic heterocycles. The van der Waals surface area contributed by atoms with Crippen LogP contribution in [0.15, 0.2) is 35.4 Å². The third-order valence-corrected chi connectivity index (χ3v) is 4.44. The van der Waals surface area contributed by atoms with Gasteiger partial charge in [0.2, 0.25) is 0 Å². The van der Waals surface area contributed by atoms with Gasteiger partial charge in [-0.1, -0.05) is 5.16 Å². The fourth-order valence-electron chi connectivity index (χ4n) is 3.18. The first-order valence-corrected chi connectivity index (χ1v) is 8.31. The molecule has 27 heavy (non-hydrogen) atoms. The van der Waals surface area contributed by atoms with Crippen molar-refractivity contribution in [1.82, 2.24) is 34.5 Å². The zero-order valence-corrected chi connectivity index (χ0v) is 14.3. The topological polar surface area (TPSA) is 96.7 Å². The number of hydrogen-bond acceptors (Lipinski definition) is 7. The summed E-state index contributed by atoms with van der Waals surface area (Å²) < 4.78 is 27.9. The molecule has 3 aromatic heterocycles. The Bertz CT molecular complexity index is 1130. The predicted octanol–water partition coefficient (Wildman–Crippen LogP) is 1.87. The molecule has 0 radical (unpaired) electrons. The van der Waals surface area contributed by atoms with Gasteiger partial charge in [0.25, 0.3) is 5.89 Å². The van der Waals surface area contributed by atoms with Crippen molar-refractivity contribution < 1.29 is 13.7 Å². The lowest BCUT2D eigenvalue weighted by Crippen LogP contribution is -2.05. The number of benzene rings is 1. The number of halogens is 1. The molecule has 0 saturated carbocycles. The zero-order chi connectivity index (χ0) is 18.4. The normalized spacial score (nSPS) is 12.4. The Balaban J connectivity index is 1.65. The van der Waals surface area contributed by atoms with Crippen molar-refractivity contribution in [3.05, 3.63) is 48.2 Å². The lowest BCUT2D eigenvalue weighted by Gasteiger charge is -2.08. The van der Waals surface area contributed by atoms with Crippen LogP contribution in [-0.4, -0.2) is 48.2 Å². The fourth-order valence-corrected chi connectivity index (χ4v) is 3.18. The lowest BCUT2D eigenvalue weighted by atomic mass is 10.1. The summed E-state index contributed by atoms with van der Waals surface area (Å²) in [5.74, 6) is 1.12. The number of fused-ring (bicyclic) bond motifs is 5. The molecule has 1 aliphatic rings. The molecule has 136 valence electrons. The molecule has 0 atom stereocenters. The van der Waals surface area contributed by atoms with Crippen molar-refractivity contribution in [3.8, 4) is 28.7 Å². The Morgan fingerprint density at radius 2 is 2.22 bits per heavy atom. The summed E-state index contributed by atoms with van der Waals surface area (Å²) in [6, 6.07) is 4.55. The molecule has 0 amide bonds. The molecule has 0 fully saturated rings. The van der Waals surface area contributed by atoms with E-state index in [4.69, 9.17) is 9.26 Å². The van der Waals surface area contributed by atoms with Gasteiger partial charge in [-0.3, -0.25) is 4.57 Å². The number of nitrogens with zero attached hydrogens (tertiary/aromatic N) is 7. The summed E-state index contributed by atoms with van der Waals surface area (Å²) in [6.07, 6.45) is 3.66. The smallest absolute Gasteiger partial charge is 0.278 e. The van der Waals surface area contributed by atoms with Crippen molar-refractivity contribution in [2.45, 2.75) is 13.0 Å². The number of imidazole rings is 1. The van der Waals surface area contributed by atoms with Crippen LogP contribution < -0.4 is 0 Å². The number of aromatic nitrogens is 7. The summed E-state index contributed by atoms with van der Waals surface area (Å²) in [4.78, 5) is 13.2. The molecule has 0 unspecified atom stereocenters. The van der Waals surface area contributed by atoms with Gasteiger partial charge >= 0.3 is 0 Å². The molecule has 9 nitrogen and oxygen atoms in total. The maximum atomic E-state index is 13.9. The third kappa shape index (κ3) is 2.53. The van der Waals surface area contributed by atoms with Crippen LogP contribution in [0.25, 0.3) is 28.7 Å². The number of rotatable bonds is 4. The van der Waals surface area contributed by atoms with E-state index in [1.54, 1.807) is 24.2 Å². The van der Waals surface area contributed by atoms with Crippen molar-refractivity contribution in [3.63, 3.8) is 0 Å². The SMILES string of the molecule is COCCc1noc(-c2ncn3c2Cn2ncnc2-c2cc(F)ccc2-3)n1. The van der Waals surface area contributed by atoms with E-state index in [9.17, 15) is 4.39 Å². The molecule has 0 bridgehead atoms. The maximum absolute atomic E-state index is 13.9. The quantitative estimate of drug-likeness (QED) is 0.478. The Hall–Kier alpha value is -3.40. The average molecular weight is 367 g/mol. The minimum absolute atomic E-state index is 0.321. The monoisotopic (exact) mass is 367 g/mol. The first kappa shape index (κ1) is 15.8. The molecule has 1 aromatic carbocycles. The molecule has 5 rings (SSSR count). The van der Waals surface area contributed by atoms with E-state index in [0.29, 0.717) is 48.4 Å². The zero-order valence-electron chi connectivity index (χ0n) is 14.3.